The number of carbonyl (C=O) groups is 1. The van der Waals surface area contributed by atoms with E-state index in [4.69, 9.17) is 5.73 Å². The van der Waals surface area contributed by atoms with Gasteiger partial charge in [-0.05, 0) is 18.2 Å². The summed E-state index contributed by atoms with van der Waals surface area (Å²) in [6.07, 6.45) is 8.55. The quantitative estimate of drug-likeness (QED) is 0.415. The van der Waals surface area contributed by atoms with E-state index in [1.54, 1.807) is 30.6 Å². The number of nitrogens with zero attached hydrogens (tertiary/aromatic N) is 2. The fourth-order valence-corrected chi connectivity index (χ4v) is 0.753. The van der Waals surface area contributed by atoms with Crippen molar-refractivity contribution in [3.63, 3.8) is 0 Å². The van der Waals surface area contributed by atoms with E-state index in [2.05, 4.69) is 15.3 Å². The van der Waals surface area contributed by atoms with Crippen LogP contribution in [0.25, 0.3) is 0 Å². The third-order valence-corrected chi connectivity index (χ3v) is 1.30. The highest BCUT2D eigenvalue weighted by Gasteiger charge is 1.90. The van der Waals surface area contributed by atoms with E-state index in [1.807, 2.05) is 0 Å². The molecule has 0 aromatic carbocycles. The van der Waals surface area contributed by atoms with Crippen LogP contribution in [0.15, 0.2) is 36.7 Å². The topological polar surface area (TPSA) is 80.9 Å². The molecule has 0 aliphatic rings. The molecular formula is C9H10N4O. The van der Waals surface area contributed by atoms with Crippen molar-refractivity contribution in [2.75, 3.05) is 11.1 Å². The molecule has 0 aliphatic heterocycles. The van der Waals surface area contributed by atoms with Gasteiger partial charge in [0.25, 0.3) is 0 Å². The highest BCUT2D eigenvalue weighted by atomic mass is 16.1. The number of nitrogens with two attached hydrogens (primary N) is 1. The van der Waals surface area contributed by atoms with Crippen LogP contribution in [0.2, 0.25) is 0 Å². The largest absolute Gasteiger partial charge is 0.368 e. The van der Waals surface area contributed by atoms with Crippen molar-refractivity contribution >= 4 is 18.1 Å². The first-order valence-corrected chi connectivity index (χ1v) is 3.95. The lowest BCUT2D eigenvalue weighted by Crippen LogP contribution is -1.97. The van der Waals surface area contributed by atoms with Gasteiger partial charge in [-0.3, -0.25) is 4.79 Å². The van der Waals surface area contributed by atoms with Crippen molar-refractivity contribution in [1.82, 2.24) is 9.97 Å². The number of aldehydes is 1. The molecule has 0 amide bonds. The van der Waals surface area contributed by atoms with Crippen LogP contribution >= 0.6 is 0 Å². The molecule has 0 atom stereocenters. The first-order valence-electron chi connectivity index (χ1n) is 3.95. The molecule has 1 heterocycles. The van der Waals surface area contributed by atoms with Gasteiger partial charge < -0.3 is 11.1 Å². The maximum atomic E-state index is 9.90. The normalized spacial score (nSPS) is 10.9. The van der Waals surface area contributed by atoms with Crippen molar-refractivity contribution in [2.45, 2.75) is 0 Å². The van der Waals surface area contributed by atoms with E-state index in [-0.39, 0.29) is 5.95 Å². The van der Waals surface area contributed by atoms with Crippen LogP contribution in [0.1, 0.15) is 0 Å². The number of nitrogen functional groups attached to an aromatic ring is 1. The lowest BCUT2D eigenvalue weighted by molar-refractivity contribution is -0.104. The van der Waals surface area contributed by atoms with E-state index in [1.165, 1.54) is 6.08 Å². The second-order valence-electron chi connectivity index (χ2n) is 2.32. The van der Waals surface area contributed by atoms with E-state index in [9.17, 15) is 4.79 Å². The predicted molar refractivity (Wildman–Crippen MR) is 54.4 cm³/mol. The van der Waals surface area contributed by atoms with Gasteiger partial charge in [0.15, 0.2) is 0 Å². The fourth-order valence-electron chi connectivity index (χ4n) is 0.753. The summed E-state index contributed by atoms with van der Waals surface area (Å²) in [7, 11) is 0. The standard InChI is InChI=1S/C9H10N4O/c10-9-12-6-4-8(13-9)11-5-2-1-3-7-14/h1-7H,(H3,10,11,12,13)/b3-1+,5-2+. The first-order chi connectivity index (χ1) is 6.83. The number of allylic oxidation sites excluding steroid dienone is 3. The number of nitrogens with one attached hydrogen (secondary N) is 1. The lowest BCUT2D eigenvalue weighted by Gasteiger charge is -1.98. The van der Waals surface area contributed by atoms with Gasteiger partial charge in [-0.15, -0.1) is 0 Å². The molecule has 0 unspecified atom stereocenters. The zero-order chi connectivity index (χ0) is 10.2. The summed E-state index contributed by atoms with van der Waals surface area (Å²) in [5.74, 6) is 0.820. The van der Waals surface area contributed by atoms with Crippen LogP contribution in [0.5, 0.6) is 0 Å². The Morgan fingerprint density at radius 1 is 1.36 bits per heavy atom. The Morgan fingerprint density at radius 3 is 2.93 bits per heavy atom. The van der Waals surface area contributed by atoms with Gasteiger partial charge in [0, 0.05) is 12.4 Å². The Kier molecular flexibility index (Phi) is 3.87. The number of anilines is 2. The molecular weight excluding hydrogens is 180 g/mol. The average molecular weight is 190 g/mol. The Balaban J connectivity index is 2.49. The van der Waals surface area contributed by atoms with Crippen molar-refractivity contribution < 1.29 is 4.79 Å². The minimum Gasteiger partial charge on any atom is -0.368 e. The molecule has 72 valence electrons. The summed E-state index contributed by atoms with van der Waals surface area (Å²) in [5, 5.41) is 2.87. The number of hydrogen-bond donors (Lipinski definition) is 2. The Morgan fingerprint density at radius 2 is 2.21 bits per heavy atom. The minimum absolute atomic E-state index is 0.215. The van der Waals surface area contributed by atoms with Crippen molar-refractivity contribution in [3.8, 4) is 0 Å². The van der Waals surface area contributed by atoms with E-state index in [0.29, 0.717) is 12.1 Å². The molecule has 0 fully saturated rings. The summed E-state index contributed by atoms with van der Waals surface area (Å²) in [4.78, 5) is 17.5. The molecule has 3 N–H and O–H groups in total. The highest BCUT2D eigenvalue weighted by Crippen LogP contribution is 2.01. The Hall–Kier alpha value is -2.17. The summed E-state index contributed by atoms with van der Waals surface area (Å²) < 4.78 is 0. The van der Waals surface area contributed by atoms with Crippen LogP contribution in [-0.2, 0) is 4.79 Å². The van der Waals surface area contributed by atoms with Crippen LogP contribution in [-0.4, -0.2) is 16.3 Å². The zero-order valence-electron chi connectivity index (χ0n) is 7.42. The third-order valence-electron chi connectivity index (χ3n) is 1.30. The molecule has 0 radical (unpaired) electrons. The molecule has 0 bridgehead atoms. The summed E-state index contributed by atoms with van der Waals surface area (Å²) in [5.41, 5.74) is 5.36. The van der Waals surface area contributed by atoms with E-state index >= 15 is 0 Å². The first kappa shape index (κ1) is 9.91. The van der Waals surface area contributed by atoms with Crippen LogP contribution < -0.4 is 11.1 Å². The van der Waals surface area contributed by atoms with Crippen LogP contribution in [0.3, 0.4) is 0 Å². The third kappa shape index (κ3) is 3.48. The van der Waals surface area contributed by atoms with Gasteiger partial charge in [-0.2, -0.15) is 4.98 Å². The van der Waals surface area contributed by atoms with Crippen molar-refractivity contribution in [1.29, 1.82) is 0 Å². The van der Waals surface area contributed by atoms with Crippen LogP contribution in [0, 0.1) is 0 Å². The maximum absolute atomic E-state index is 9.90. The summed E-state index contributed by atoms with van der Waals surface area (Å²) in [6, 6.07) is 1.68. The van der Waals surface area contributed by atoms with E-state index in [0.717, 1.165) is 0 Å². The molecule has 0 saturated heterocycles. The van der Waals surface area contributed by atoms with Gasteiger partial charge in [0.05, 0.1) is 0 Å². The molecule has 5 nitrogen and oxygen atoms in total. The zero-order valence-corrected chi connectivity index (χ0v) is 7.42. The molecule has 0 aliphatic carbocycles. The van der Waals surface area contributed by atoms with Gasteiger partial charge in [0.1, 0.15) is 12.1 Å². The summed E-state index contributed by atoms with van der Waals surface area (Å²) in [6.45, 7) is 0. The monoisotopic (exact) mass is 190 g/mol. The van der Waals surface area contributed by atoms with Gasteiger partial charge in [0.2, 0.25) is 5.95 Å². The Labute approximate surface area is 81.4 Å². The maximum Gasteiger partial charge on any atom is 0.221 e. The molecule has 1 aromatic heterocycles. The van der Waals surface area contributed by atoms with E-state index < -0.39 is 0 Å². The molecule has 1 aromatic rings. The number of hydrogen-bond acceptors (Lipinski definition) is 5. The smallest absolute Gasteiger partial charge is 0.221 e. The minimum atomic E-state index is 0.215. The summed E-state index contributed by atoms with van der Waals surface area (Å²) >= 11 is 0. The molecule has 14 heavy (non-hydrogen) atoms. The van der Waals surface area contributed by atoms with Crippen molar-refractivity contribution in [2.24, 2.45) is 0 Å². The second kappa shape index (κ2) is 5.47. The predicted octanol–water partition coefficient (Wildman–Crippen LogP) is 0.739. The highest BCUT2D eigenvalue weighted by molar-refractivity contribution is 5.65. The molecule has 0 spiro atoms. The fraction of sp³-hybridized carbons (Fsp3) is 0. The Bertz CT molecular complexity index is 360. The molecule has 0 saturated carbocycles. The number of aromatic nitrogens is 2. The van der Waals surface area contributed by atoms with Gasteiger partial charge in [-0.1, -0.05) is 6.08 Å². The average Bonchev–Trinajstić information content (AvgIpc) is 2.18. The number of rotatable bonds is 4. The van der Waals surface area contributed by atoms with Crippen LogP contribution in [0.4, 0.5) is 11.8 Å². The lowest BCUT2D eigenvalue weighted by atomic mass is 10.5. The molecule has 1 rings (SSSR count). The van der Waals surface area contributed by atoms with Gasteiger partial charge >= 0.3 is 0 Å². The number of carbonyl (C=O) groups excluding carboxylic acids is 1. The SMILES string of the molecule is Nc1nccc(N/C=C/C=C/C=O)n1. The molecule has 5 heteroatoms. The second-order valence-corrected chi connectivity index (χ2v) is 2.32. The van der Waals surface area contributed by atoms with Gasteiger partial charge in [-0.25, -0.2) is 4.98 Å². The van der Waals surface area contributed by atoms with Crippen molar-refractivity contribution in [3.05, 3.63) is 36.7 Å².